The molecule has 2 aromatic heterocycles. The molecule has 3 rings (SSSR count). The summed E-state index contributed by atoms with van der Waals surface area (Å²) in [7, 11) is 1.62. The number of benzene rings is 1. The predicted molar refractivity (Wildman–Crippen MR) is 118 cm³/mol. The molecule has 1 aromatic carbocycles. The maximum atomic E-state index is 12.9. The maximum Gasteiger partial charge on any atom is 0.277 e. The number of carbonyl (C=O) groups excluding carboxylic acids is 1. The van der Waals surface area contributed by atoms with Crippen LogP contribution < -0.4 is 15.6 Å². The van der Waals surface area contributed by atoms with E-state index < -0.39 is 0 Å². The molecule has 2 heterocycles. The van der Waals surface area contributed by atoms with Crippen LogP contribution in [0.1, 0.15) is 52.1 Å². The standard InChI is InChI=1S/C22H26N4O3S/c1-7-29-17-10-8-16(9-11-17)14(4)23-20(27)19-15(5)24-21(30-19)18-12(2)13(3)25-26(6)22(18)28/h8-11,14H,7H2,1-6H3,(H,23,27). The molecular formula is C22H26N4O3S. The first-order valence-electron chi connectivity index (χ1n) is 9.78. The minimum atomic E-state index is -0.221. The fourth-order valence-electron chi connectivity index (χ4n) is 3.18. The fraction of sp³-hybridized carbons (Fsp3) is 0.364. The molecule has 0 fully saturated rings. The summed E-state index contributed by atoms with van der Waals surface area (Å²) in [6, 6.07) is 7.47. The Morgan fingerprint density at radius 3 is 2.50 bits per heavy atom. The summed E-state index contributed by atoms with van der Waals surface area (Å²) in [5.41, 5.74) is 3.39. The highest BCUT2D eigenvalue weighted by Crippen LogP contribution is 2.29. The van der Waals surface area contributed by atoms with Crippen LogP contribution in [0.15, 0.2) is 29.1 Å². The fourth-order valence-corrected chi connectivity index (χ4v) is 4.24. The maximum absolute atomic E-state index is 12.9. The zero-order valence-corrected chi connectivity index (χ0v) is 18.9. The summed E-state index contributed by atoms with van der Waals surface area (Å²) in [5.74, 6) is 0.588. The lowest BCUT2D eigenvalue weighted by atomic mass is 10.1. The average molecular weight is 427 g/mol. The topological polar surface area (TPSA) is 86.1 Å². The first-order valence-corrected chi connectivity index (χ1v) is 10.6. The van der Waals surface area contributed by atoms with Crippen LogP contribution in [0.4, 0.5) is 0 Å². The Hall–Kier alpha value is -3.00. The molecule has 1 amide bonds. The van der Waals surface area contributed by atoms with Gasteiger partial charge in [-0.15, -0.1) is 11.3 Å². The molecule has 7 nitrogen and oxygen atoms in total. The summed E-state index contributed by atoms with van der Waals surface area (Å²) in [4.78, 5) is 30.5. The number of rotatable bonds is 6. The van der Waals surface area contributed by atoms with Gasteiger partial charge in [0, 0.05) is 7.05 Å². The van der Waals surface area contributed by atoms with E-state index in [0.29, 0.717) is 27.7 Å². The van der Waals surface area contributed by atoms with E-state index in [1.54, 1.807) is 14.0 Å². The van der Waals surface area contributed by atoms with E-state index in [9.17, 15) is 9.59 Å². The number of nitrogens with one attached hydrogen (secondary N) is 1. The van der Waals surface area contributed by atoms with E-state index in [-0.39, 0.29) is 17.5 Å². The van der Waals surface area contributed by atoms with Gasteiger partial charge in [-0.25, -0.2) is 9.67 Å². The van der Waals surface area contributed by atoms with Crippen LogP contribution in [0.25, 0.3) is 10.6 Å². The van der Waals surface area contributed by atoms with Crippen molar-refractivity contribution in [3.63, 3.8) is 0 Å². The van der Waals surface area contributed by atoms with Gasteiger partial charge in [-0.1, -0.05) is 12.1 Å². The van der Waals surface area contributed by atoms with E-state index in [1.807, 2.05) is 52.0 Å². The highest BCUT2D eigenvalue weighted by Gasteiger charge is 2.22. The molecule has 1 N–H and O–H groups in total. The molecule has 3 aromatic rings. The van der Waals surface area contributed by atoms with Gasteiger partial charge in [-0.2, -0.15) is 5.10 Å². The van der Waals surface area contributed by atoms with Crippen molar-refractivity contribution >= 4 is 17.2 Å². The van der Waals surface area contributed by atoms with Gasteiger partial charge >= 0.3 is 0 Å². The summed E-state index contributed by atoms with van der Waals surface area (Å²) >= 11 is 1.23. The Labute approximate surface area is 179 Å². The first kappa shape index (κ1) is 21.7. The highest BCUT2D eigenvalue weighted by molar-refractivity contribution is 7.17. The van der Waals surface area contributed by atoms with Gasteiger partial charge in [0.1, 0.15) is 15.6 Å². The second-order valence-corrected chi connectivity index (χ2v) is 8.14. The molecule has 0 bridgehead atoms. The minimum Gasteiger partial charge on any atom is -0.494 e. The molecule has 0 radical (unpaired) electrons. The third-order valence-electron chi connectivity index (χ3n) is 4.98. The number of carbonyl (C=O) groups is 1. The van der Waals surface area contributed by atoms with Crippen LogP contribution in [0.5, 0.6) is 5.75 Å². The van der Waals surface area contributed by atoms with Gasteiger partial charge in [0.15, 0.2) is 0 Å². The number of ether oxygens (including phenoxy) is 1. The number of hydrogen-bond acceptors (Lipinski definition) is 6. The Morgan fingerprint density at radius 2 is 1.87 bits per heavy atom. The molecule has 0 aliphatic heterocycles. The van der Waals surface area contributed by atoms with E-state index in [2.05, 4.69) is 15.4 Å². The minimum absolute atomic E-state index is 0.184. The second-order valence-electron chi connectivity index (χ2n) is 7.14. The molecule has 0 saturated heterocycles. The van der Waals surface area contributed by atoms with Crippen molar-refractivity contribution in [3.8, 4) is 16.3 Å². The van der Waals surface area contributed by atoms with Crippen molar-refractivity contribution in [2.45, 2.75) is 40.7 Å². The lowest BCUT2D eigenvalue weighted by Gasteiger charge is -2.14. The molecule has 8 heteroatoms. The van der Waals surface area contributed by atoms with Crippen molar-refractivity contribution < 1.29 is 9.53 Å². The summed E-state index contributed by atoms with van der Waals surface area (Å²) in [6.45, 7) is 9.96. The van der Waals surface area contributed by atoms with Crippen LogP contribution in [-0.4, -0.2) is 27.3 Å². The SMILES string of the molecule is CCOc1ccc(C(C)NC(=O)c2sc(-c3c(C)c(C)nn(C)c3=O)nc2C)cc1. The summed E-state index contributed by atoms with van der Waals surface area (Å²) in [5, 5.41) is 7.76. The van der Waals surface area contributed by atoms with Crippen LogP contribution in [0.3, 0.4) is 0 Å². The quantitative estimate of drug-likeness (QED) is 0.649. The van der Waals surface area contributed by atoms with Gasteiger partial charge in [0.2, 0.25) is 0 Å². The van der Waals surface area contributed by atoms with Crippen molar-refractivity contribution in [1.29, 1.82) is 0 Å². The normalized spacial score (nSPS) is 11.9. The summed E-state index contributed by atoms with van der Waals surface area (Å²) in [6.07, 6.45) is 0. The Balaban J connectivity index is 1.85. The lowest BCUT2D eigenvalue weighted by Crippen LogP contribution is -2.26. The van der Waals surface area contributed by atoms with Crippen LogP contribution >= 0.6 is 11.3 Å². The van der Waals surface area contributed by atoms with Crippen molar-refractivity contribution in [2.75, 3.05) is 6.61 Å². The van der Waals surface area contributed by atoms with Crippen LogP contribution in [0, 0.1) is 20.8 Å². The molecule has 0 aliphatic carbocycles. The van der Waals surface area contributed by atoms with Gasteiger partial charge in [0.05, 0.1) is 29.6 Å². The number of nitrogens with zero attached hydrogens (tertiary/aromatic N) is 3. The van der Waals surface area contributed by atoms with E-state index in [4.69, 9.17) is 4.74 Å². The number of hydrogen-bond donors (Lipinski definition) is 1. The zero-order valence-electron chi connectivity index (χ0n) is 18.1. The molecule has 0 spiro atoms. The third kappa shape index (κ3) is 4.28. The van der Waals surface area contributed by atoms with E-state index in [1.165, 1.54) is 16.0 Å². The van der Waals surface area contributed by atoms with Crippen LogP contribution in [0.2, 0.25) is 0 Å². The van der Waals surface area contributed by atoms with Crippen molar-refractivity contribution in [2.24, 2.45) is 7.05 Å². The third-order valence-corrected chi connectivity index (χ3v) is 6.15. The highest BCUT2D eigenvalue weighted by atomic mass is 32.1. The molecule has 1 unspecified atom stereocenters. The van der Waals surface area contributed by atoms with Crippen LogP contribution in [-0.2, 0) is 7.05 Å². The molecule has 1 atom stereocenters. The molecule has 158 valence electrons. The monoisotopic (exact) mass is 426 g/mol. The number of thiazole rings is 1. The van der Waals surface area contributed by atoms with Gasteiger partial charge in [-0.3, -0.25) is 9.59 Å². The van der Waals surface area contributed by atoms with Crippen molar-refractivity contribution in [3.05, 3.63) is 62.0 Å². The average Bonchev–Trinajstić information content (AvgIpc) is 3.09. The lowest BCUT2D eigenvalue weighted by molar-refractivity contribution is 0.0943. The molecule has 0 saturated carbocycles. The van der Waals surface area contributed by atoms with Gasteiger partial charge in [-0.05, 0) is 57.9 Å². The molecule has 30 heavy (non-hydrogen) atoms. The Morgan fingerprint density at radius 1 is 1.20 bits per heavy atom. The smallest absolute Gasteiger partial charge is 0.277 e. The summed E-state index contributed by atoms with van der Waals surface area (Å²) < 4.78 is 6.77. The predicted octanol–water partition coefficient (Wildman–Crippen LogP) is 3.72. The number of aromatic nitrogens is 3. The largest absolute Gasteiger partial charge is 0.494 e. The van der Waals surface area contributed by atoms with E-state index >= 15 is 0 Å². The van der Waals surface area contributed by atoms with Crippen molar-refractivity contribution in [1.82, 2.24) is 20.1 Å². The first-order chi connectivity index (χ1) is 14.2. The molecular weight excluding hydrogens is 400 g/mol. The molecule has 0 aliphatic rings. The Bertz CT molecular complexity index is 1130. The Kier molecular flexibility index (Phi) is 6.36. The number of amides is 1. The second kappa shape index (κ2) is 8.79. The van der Waals surface area contributed by atoms with E-state index in [0.717, 1.165) is 22.6 Å². The van der Waals surface area contributed by atoms with Gasteiger partial charge in [0.25, 0.3) is 11.5 Å². The number of aryl methyl sites for hydroxylation is 3. The van der Waals surface area contributed by atoms with Gasteiger partial charge < -0.3 is 10.1 Å². The zero-order chi connectivity index (χ0) is 22.0.